The third kappa shape index (κ3) is 3.73. The molecule has 0 amide bonds. The minimum absolute atomic E-state index is 0.842. The molecule has 1 aromatic carbocycles. The van der Waals surface area contributed by atoms with Crippen molar-refractivity contribution in [2.75, 3.05) is 7.11 Å². The van der Waals surface area contributed by atoms with Gasteiger partial charge < -0.3 is 4.74 Å². The molecule has 19 heavy (non-hydrogen) atoms. The van der Waals surface area contributed by atoms with Crippen LogP contribution in [0.15, 0.2) is 36.7 Å². The zero-order chi connectivity index (χ0) is 13.9. The maximum Gasteiger partial charge on any atom is 0.129 e. The van der Waals surface area contributed by atoms with E-state index in [1.165, 1.54) is 0 Å². The van der Waals surface area contributed by atoms with Crippen LogP contribution in [0.1, 0.15) is 5.56 Å². The molecular weight excluding hydrogens is 252 g/mol. The number of rotatable bonds is 2. The van der Waals surface area contributed by atoms with Gasteiger partial charge in [0, 0.05) is 6.20 Å². The fourth-order valence-electron chi connectivity index (χ4n) is 1.52. The highest BCUT2D eigenvalue weighted by molar-refractivity contribution is 6.83. The monoisotopic (exact) mass is 270 g/mol. The van der Waals surface area contributed by atoms with E-state index < -0.39 is 8.07 Å². The van der Waals surface area contributed by atoms with E-state index in [1.807, 2.05) is 35.1 Å². The van der Waals surface area contributed by atoms with E-state index in [-0.39, 0.29) is 0 Å². The van der Waals surface area contributed by atoms with Crippen LogP contribution >= 0.6 is 0 Å². The molecule has 0 fully saturated rings. The number of aromatic nitrogens is 2. The van der Waals surface area contributed by atoms with Crippen LogP contribution in [0.2, 0.25) is 19.6 Å². The standard InChI is InChI=1S/C15H18N2OSi/c1-18-15-7-5-14(6-8-15)17-12-13(11-16-17)9-10-19(2,3)4/h5-8,11-12H,1-4H3. The van der Waals surface area contributed by atoms with E-state index in [4.69, 9.17) is 4.74 Å². The van der Waals surface area contributed by atoms with Gasteiger partial charge in [-0.2, -0.15) is 5.10 Å². The summed E-state index contributed by atoms with van der Waals surface area (Å²) < 4.78 is 6.97. The van der Waals surface area contributed by atoms with Gasteiger partial charge in [0.1, 0.15) is 13.8 Å². The highest BCUT2D eigenvalue weighted by Gasteiger charge is 2.07. The third-order valence-electron chi connectivity index (χ3n) is 2.50. The number of nitrogens with zero attached hydrogens (tertiary/aromatic N) is 2. The molecule has 0 atom stereocenters. The van der Waals surface area contributed by atoms with Gasteiger partial charge in [-0.05, 0) is 24.3 Å². The lowest BCUT2D eigenvalue weighted by molar-refractivity contribution is 0.414. The smallest absolute Gasteiger partial charge is 0.129 e. The van der Waals surface area contributed by atoms with Crippen molar-refractivity contribution in [3.63, 3.8) is 0 Å². The maximum atomic E-state index is 5.14. The van der Waals surface area contributed by atoms with E-state index in [9.17, 15) is 0 Å². The van der Waals surface area contributed by atoms with Crippen LogP contribution in [0.25, 0.3) is 5.69 Å². The zero-order valence-electron chi connectivity index (χ0n) is 11.8. The van der Waals surface area contributed by atoms with Crippen LogP contribution in [0, 0.1) is 11.5 Å². The van der Waals surface area contributed by atoms with Crippen LogP contribution in [0.3, 0.4) is 0 Å². The fourth-order valence-corrected chi connectivity index (χ4v) is 2.04. The number of ether oxygens (including phenoxy) is 1. The average molecular weight is 270 g/mol. The Labute approximate surface area is 115 Å². The Kier molecular flexibility index (Phi) is 3.77. The zero-order valence-corrected chi connectivity index (χ0v) is 12.8. The molecule has 0 aliphatic heterocycles. The summed E-state index contributed by atoms with van der Waals surface area (Å²) in [5.41, 5.74) is 5.30. The van der Waals surface area contributed by atoms with Crippen LogP contribution < -0.4 is 4.74 Å². The van der Waals surface area contributed by atoms with Gasteiger partial charge in [0.2, 0.25) is 0 Å². The van der Waals surface area contributed by atoms with Crippen LogP contribution in [-0.4, -0.2) is 25.0 Å². The molecule has 98 valence electrons. The van der Waals surface area contributed by atoms with Gasteiger partial charge in [-0.25, -0.2) is 4.68 Å². The lowest BCUT2D eigenvalue weighted by Gasteiger charge is -2.03. The summed E-state index contributed by atoms with van der Waals surface area (Å²) in [7, 11) is 0.323. The van der Waals surface area contributed by atoms with E-state index in [0.717, 1.165) is 17.0 Å². The van der Waals surface area contributed by atoms with Crippen molar-refractivity contribution in [3.8, 4) is 22.9 Å². The van der Waals surface area contributed by atoms with Gasteiger partial charge in [-0.3, -0.25) is 0 Å². The molecule has 4 heteroatoms. The molecule has 0 aliphatic carbocycles. The summed E-state index contributed by atoms with van der Waals surface area (Å²) in [5, 5.41) is 4.33. The predicted molar refractivity (Wildman–Crippen MR) is 80.3 cm³/mol. The first-order valence-electron chi connectivity index (χ1n) is 6.20. The van der Waals surface area contributed by atoms with Gasteiger partial charge >= 0.3 is 0 Å². The van der Waals surface area contributed by atoms with Gasteiger partial charge in [0.05, 0.1) is 24.6 Å². The van der Waals surface area contributed by atoms with Gasteiger partial charge in [0.15, 0.2) is 0 Å². The number of benzene rings is 1. The second-order valence-electron chi connectivity index (χ2n) is 5.37. The van der Waals surface area contributed by atoms with Crippen molar-refractivity contribution in [2.24, 2.45) is 0 Å². The normalized spacial score (nSPS) is 10.7. The first kappa shape index (κ1) is 13.4. The molecule has 0 radical (unpaired) electrons. The molecule has 3 nitrogen and oxygen atoms in total. The number of methoxy groups -OCH3 is 1. The Hall–Kier alpha value is -1.99. The van der Waals surface area contributed by atoms with E-state index in [1.54, 1.807) is 13.3 Å². The molecule has 0 N–H and O–H groups in total. The molecule has 0 spiro atoms. The van der Waals surface area contributed by atoms with Crippen molar-refractivity contribution >= 4 is 8.07 Å². The Morgan fingerprint density at radius 1 is 1.16 bits per heavy atom. The Morgan fingerprint density at radius 2 is 1.84 bits per heavy atom. The summed E-state index contributed by atoms with van der Waals surface area (Å²) in [4.78, 5) is 0. The van der Waals surface area contributed by atoms with Crippen molar-refractivity contribution in [1.82, 2.24) is 9.78 Å². The largest absolute Gasteiger partial charge is 0.497 e. The summed E-state index contributed by atoms with van der Waals surface area (Å²) in [6.45, 7) is 6.69. The first-order valence-corrected chi connectivity index (χ1v) is 9.70. The van der Waals surface area contributed by atoms with Crippen LogP contribution in [0.5, 0.6) is 5.75 Å². The molecule has 2 aromatic rings. The lowest BCUT2D eigenvalue weighted by Crippen LogP contribution is -2.16. The highest BCUT2D eigenvalue weighted by atomic mass is 28.3. The molecule has 2 rings (SSSR count). The highest BCUT2D eigenvalue weighted by Crippen LogP contribution is 2.14. The molecular formula is C15H18N2OSi. The minimum atomic E-state index is -1.34. The predicted octanol–water partition coefficient (Wildman–Crippen LogP) is 3.11. The topological polar surface area (TPSA) is 27.1 Å². The van der Waals surface area contributed by atoms with Crippen molar-refractivity contribution in [2.45, 2.75) is 19.6 Å². The van der Waals surface area contributed by atoms with Crippen molar-refractivity contribution in [3.05, 3.63) is 42.2 Å². The summed E-state index contributed by atoms with van der Waals surface area (Å²) in [6, 6.07) is 7.79. The van der Waals surface area contributed by atoms with Crippen LogP contribution in [0.4, 0.5) is 0 Å². The minimum Gasteiger partial charge on any atom is -0.497 e. The molecule has 1 heterocycles. The van der Waals surface area contributed by atoms with Crippen molar-refractivity contribution in [1.29, 1.82) is 0 Å². The molecule has 1 aromatic heterocycles. The maximum absolute atomic E-state index is 5.14. The van der Waals surface area contributed by atoms with Gasteiger partial charge in [-0.1, -0.05) is 25.6 Å². The van der Waals surface area contributed by atoms with E-state index in [0.29, 0.717) is 0 Å². The Balaban J connectivity index is 2.22. The summed E-state index contributed by atoms with van der Waals surface area (Å²) in [6.07, 6.45) is 3.76. The van der Waals surface area contributed by atoms with Crippen LogP contribution in [-0.2, 0) is 0 Å². The Morgan fingerprint density at radius 3 is 2.42 bits per heavy atom. The molecule has 0 bridgehead atoms. The molecule has 0 unspecified atom stereocenters. The molecule has 0 saturated carbocycles. The van der Waals surface area contributed by atoms with E-state index >= 15 is 0 Å². The van der Waals surface area contributed by atoms with Gasteiger partial charge in [0.25, 0.3) is 0 Å². The number of hydrogen-bond donors (Lipinski definition) is 0. The summed E-state index contributed by atoms with van der Waals surface area (Å²) in [5.74, 6) is 4.04. The van der Waals surface area contributed by atoms with E-state index in [2.05, 4.69) is 36.2 Å². The number of hydrogen-bond acceptors (Lipinski definition) is 2. The SMILES string of the molecule is COc1ccc(-n2cc(C#C[Si](C)(C)C)cn2)cc1. The fraction of sp³-hybridized carbons (Fsp3) is 0.267. The van der Waals surface area contributed by atoms with Crippen molar-refractivity contribution < 1.29 is 4.74 Å². The Bertz CT molecular complexity index is 612. The third-order valence-corrected chi connectivity index (χ3v) is 3.38. The second kappa shape index (κ2) is 5.33. The first-order chi connectivity index (χ1) is 8.98. The quantitative estimate of drug-likeness (QED) is 0.619. The van der Waals surface area contributed by atoms with Gasteiger partial charge in [-0.15, -0.1) is 5.54 Å². The molecule has 0 saturated heterocycles. The second-order valence-corrected chi connectivity index (χ2v) is 10.1. The summed E-state index contributed by atoms with van der Waals surface area (Å²) >= 11 is 0. The lowest BCUT2D eigenvalue weighted by atomic mass is 10.3. The molecule has 0 aliphatic rings. The average Bonchev–Trinajstić information content (AvgIpc) is 2.84.